The van der Waals surface area contributed by atoms with Crippen LogP contribution in [-0.4, -0.2) is 27.2 Å². The van der Waals surface area contributed by atoms with Crippen molar-refractivity contribution in [2.75, 3.05) is 6.54 Å². The lowest BCUT2D eigenvalue weighted by atomic mass is 10.4. The van der Waals surface area contributed by atoms with Crippen molar-refractivity contribution in [3.63, 3.8) is 0 Å². The first-order valence-corrected chi connectivity index (χ1v) is 8.50. The third kappa shape index (κ3) is 5.04. The number of thiophene rings is 1. The molecule has 1 fully saturated rings. The van der Waals surface area contributed by atoms with Crippen LogP contribution in [-0.2, 0) is 16.6 Å². The Hall–Kier alpha value is -0.640. The molecule has 0 radical (unpaired) electrons. The van der Waals surface area contributed by atoms with Crippen molar-refractivity contribution in [1.29, 1.82) is 0 Å². The topological polar surface area (TPSA) is 58.2 Å². The van der Waals surface area contributed by atoms with Gasteiger partial charge in [0.2, 0.25) is 10.0 Å². The Labute approximate surface area is 119 Å². The molecule has 9 heteroatoms. The molecule has 0 aromatic carbocycles. The molecule has 114 valence electrons. The van der Waals surface area contributed by atoms with Gasteiger partial charge in [0.25, 0.3) is 0 Å². The van der Waals surface area contributed by atoms with Crippen LogP contribution in [0.2, 0.25) is 0 Å². The Kier molecular flexibility index (Phi) is 4.73. The third-order valence-corrected chi connectivity index (χ3v) is 5.31. The van der Waals surface area contributed by atoms with Crippen molar-refractivity contribution in [3.05, 3.63) is 16.3 Å². The fourth-order valence-electron chi connectivity index (χ4n) is 1.54. The minimum atomic E-state index is -4.36. The molecule has 2 rings (SSSR count). The average molecular weight is 328 g/mol. The molecule has 0 bridgehead atoms. The van der Waals surface area contributed by atoms with Gasteiger partial charge in [-0.3, -0.25) is 0 Å². The summed E-state index contributed by atoms with van der Waals surface area (Å²) in [6, 6.07) is 2.01. The molecule has 1 aliphatic carbocycles. The normalized spacial score (nSPS) is 16.6. The van der Waals surface area contributed by atoms with E-state index in [1.54, 1.807) is 0 Å². The van der Waals surface area contributed by atoms with Crippen LogP contribution in [0.15, 0.2) is 16.3 Å². The van der Waals surface area contributed by atoms with E-state index < -0.39 is 29.2 Å². The van der Waals surface area contributed by atoms with E-state index >= 15 is 0 Å². The molecule has 0 unspecified atom stereocenters. The second kappa shape index (κ2) is 6.00. The van der Waals surface area contributed by atoms with Crippen LogP contribution in [0.1, 0.15) is 24.1 Å². The predicted molar refractivity (Wildman–Crippen MR) is 70.0 cm³/mol. The Morgan fingerprint density at radius 2 is 2.05 bits per heavy atom. The summed E-state index contributed by atoms with van der Waals surface area (Å²) in [6.07, 6.45) is -3.27. The van der Waals surface area contributed by atoms with E-state index in [1.165, 1.54) is 22.8 Å². The SMILES string of the molecule is O=S(=O)(NCCC(F)(F)F)c1csc(CNC2CC2)c1. The van der Waals surface area contributed by atoms with Crippen LogP contribution in [0.5, 0.6) is 0 Å². The lowest BCUT2D eigenvalue weighted by molar-refractivity contribution is -0.132. The van der Waals surface area contributed by atoms with Crippen molar-refractivity contribution in [2.24, 2.45) is 0 Å². The fraction of sp³-hybridized carbons (Fsp3) is 0.636. The fourth-order valence-corrected chi connectivity index (χ4v) is 3.79. The van der Waals surface area contributed by atoms with Gasteiger partial charge in [-0.15, -0.1) is 11.3 Å². The highest BCUT2D eigenvalue weighted by Crippen LogP contribution is 2.23. The lowest BCUT2D eigenvalue weighted by Gasteiger charge is -2.07. The minimum Gasteiger partial charge on any atom is -0.309 e. The summed E-state index contributed by atoms with van der Waals surface area (Å²) in [7, 11) is -3.85. The molecule has 1 saturated carbocycles. The van der Waals surface area contributed by atoms with Gasteiger partial charge in [0, 0.05) is 29.4 Å². The van der Waals surface area contributed by atoms with Crippen molar-refractivity contribution in [2.45, 2.75) is 42.9 Å². The van der Waals surface area contributed by atoms with E-state index in [0.29, 0.717) is 12.6 Å². The van der Waals surface area contributed by atoms with Crippen molar-refractivity contribution in [1.82, 2.24) is 10.0 Å². The molecular weight excluding hydrogens is 313 g/mol. The van der Waals surface area contributed by atoms with E-state index in [-0.39, 0.29) is 4.90 Å². The van der Waals surface area contributed by atoms with Crippen LogP contribution < -0.4 is 10.0 Å². The number of hydrogen-bond acceptors (Lipinski definition) is 4. The van der Waals surface area contributed by atoms with E-state index in [0.717, 1.165) is 17.7 Å². The molecule has 0 amide bonds. The Bertz CT molecular complexity index is 550. The van der Waals surface area contributed by atoms with Gasteiger partial charge < -0.3 is 5.32 Å². The van der Waals surface area contributed by atoms with Gasteiger partial charge in [-0.1, -0.05) is 0 Å². The molecule has 20 heavy (non-hydrogen) atoms. The maximum atomic E-state index is 12.0. The molecule has 1 aromatic rings. The van der Waals surface area contributed by atoms with Gasteiger partial charge in [0.15, 0.2) is 0 Å². The van der Waals surface area contributed by atoms with E-state index in [4.69, 9.17) is 0 Å². The van der Waals surface area contributed by atoms with E-state index in [2.05, 4.69) is 5.32 Å². The molecule has 2 N–H and O–H groups in total. The van der Waals surface area contributed by atoms with Crippen LogP contribution >= 0.6 is 11.3 Å². The van der Waals surface area contributed by atoms with Crippen molar-refractivity contribution >= 4 is 21.4 Å². The van der Waals surface area contributed by atoms with Gasteiger partial charge in [-0.05, 0) is 18.9 Å². The number of rotatable bonds is 7. The van der Waals surface area contributed by atoms with Gasteiger partial charge in [-0.2, -0.15) is 13.2 Å². The summed E-state index contributed by atoms with van der Waals surface area (Å²) in [5.74, 6) is 0. The van der Waals surface area contributed by atoms with Crippen molar-refractivity contribution < 1.29 is 21.6 Å². The summed E-state index contributed by atoms with van der Waals surface area (Å²) in [4.78, 5) is 0.880. The molecule has 1 heterocycles. The second-order valence-corrected chi connectivity index (χ2v) is 7.43. The van der Waals surface area contributed by atoms with Crippen LogP contribution in [0.3, 0.4) is 0 Å². The van der Waals surface area contributed by atoms with E-state index in [9.17, 15) is 21.6 Å². The highest BCUT2D eigenvalue weighted by atomic mass is 32.2. The maximum absolute atomic E-state index is 12.0. The first-order chi connectivity index (χ1) is 9.26. The summed E-state index contributed by atoms with van der Waals surface area (Å²) in [6.45, 7) is -0.0509. The maximum Gasteiger partial charge on any atom is 0.390 e. The van der Waals surface area contributed by atoms with Gasteiger partial charge in [0.1, 0.15) is 0 Å². The van der Waals surface area contributed by atoms with Gasteiger partial charge in [-0.25, -0.2) is 13.1 Å². The Balaban J connectivity index is 1.87. The quantitative estimate of drug-likeness (QED) is 0.807. The molecule has 0 spiro atoms. The van der Waals surface area contributed by atoms with Crippen molar-refractivity contribution in [3.8, 4) is 0 Å². The molecule has 4 nitrogen and oxygen atoms in total. The van der Waals surface area contributed by atoms with Gasteiger partial charge in [0.05, 0.1) is 11.3 Å². The zero-order valence-corrected chi connectivity index (χ0v) is 12.2. The summed E-state index contributed by atoms with van der Waals surface area (Å²) >= 11 is 1.28. The predicted octanol–water partition coefficient (Wildman–Crippen LogP) is 2.23. The number of nitrogens with one attached hydrogen (secondary N) is 2. The molecule has 1 aliphatic rings. The number of sulfonamides is 1. The molecular formula is C11H15F3N2O2S2. The van der Waals surface area contributed by atoms with Gasteiger partial charge >= 0.3 is 6.18 Å². The summed E-state index contributed by atoms with van der Waals surface area (Å²) in [5, 5.41) is 4.69. The first-order valence-electron chi connectivity index (χ1n) is 6.13. The monoisotopic (exact) mass is 328 g/mol. The first kappa shape index (κ1) is 15.7. The smallest absolute Gasteiger partial charge is 0.309 e. The number of alkyl halides is 3. The number of halogens is 3. The zero-order valence-electron chi connectivity index (χ0n) is 10.5. The van der Waals surface area contributed by atoms with E-state index in [1.807, 2.05) is 4.72 Å². The van der Waals surface area contributed by atoms with Crippen LogP contribution in [0.4, 0.5) is 13.2 Å². The largest absolute Gasteiger partial charge is 0.390 e. The summed E-state index contributed by atoms with van der Waals surface area (Å²) in [5.41, 5.74) is 0. The Morgan fingerprint density at radius 3 is 2.65 bits per heavy atom. The molecule has 0 aliphatic heterocycles. The lowest BCUT2D eigenvalue weighted by Crippen LogP contribution is -2.27. The molecule has 0 atom stereocenters. The molecule has 0 saturated heterocycles. The van der Waals surface area contributed by atoms with Crippen LogP contribution in [0.25, 0.3) is 0 Å². The Morgan fingerprint density at radius 1 is 1.35 bits per heavy atom. The zero-order chi connectivity index (χ0) is 14.8. The third-order valence-electron chi connectivity index (χ3n) is 2.78. The highest BCUT2D eigenvalue weighted by Gasteiger charge is 2.28. The second-order valence-electron chi connectivity index (χ2n) is 4.67. The minimum absolute atomic E-state index is 0.0253. The number of hydrogen-bond donors (Lipinski definition) is 2. The highest BCUT2D eigenvalue weighted by molar-refractivity contribution is 7.89. The molecule has 1 aromatic heterocycles. The van der Waals surface area contributed by atoms with Crippen LogP contribution in [0, 0.1) is 0 Å². The average Bonchev–Trinajstić information content (AvgIpc) is 3.01. The standard InChI is InChI=1S/C11H15F3N2O2S2/c12-11(13,14)3-4-16-20(17,18)10-5-9(19-7-10)6-15-8-1-2-8/h5,7-8,15-16H,1-4,6H2. The summed E-state index contributed by atoms with van der Waals surface area (Å²) < 4.78 is 61.5.